The van der Waals surface area contributed by atoms with Crippen molar-refractivity contribution in [3.8, 4) is 16.9 Å². The van der Waals surface area contributed by atoms with Crippen LogP contribution in [0.25, 0.3) is 11.1 Å². The van der Waals surface area contributed by atoms with Crippen LogP contribution in [0, 0.1) is 20.8 Å². The molecule has 1 aliphatic heterocycles. The number of carbonyl (C=O) groups is 1. The Morgan fingerprint density at radius 1 is 1.12 bits per heavy atom. The fourth-order valence-corrected chi connectivity index (χ4v) is 4.27. The van der Waals surface area contributed by atoms with Gasteiger partial charge in [-0.2, -0.15) is 0 Å². The number of hydrogen-bond acceptors (Lipinski definition) is 3. The zero-order valence-electron chi connectivity index (χ0n) is 19.4. The summed E-state index contributed by atoms with van der Waals surface area (Å²) >= 11 is 0. The molecule has 0 fully saturated rings. The molecule has 0 aliphatic carbocycles. The van der Waals surface area contributed by atoms with Crippen LogP contribution in [-0.4, -0.2) is 16.5 Å². The summed E-state index contributed by atoms with van der Waals surface area (Å²) in [6, 6.07) is 14.0. The molecule has 166 valence electrons. The Hall–Kier alpha value is -3.34. The smallest absolute Gasteiger partial charge is 0.253 e. The molecule has 4 rings (SSSR count). The SMILES string of the molecule is CCC1(C)Cc2cc(C(=O)NCc3c(C)cc(C)[nH]c3=O)cc(-c3ccc(C)cc3)c2O1. The third-order valence-corrected chi connectivity index (χ3v) is 6.37. The lowest BCUT2D eigenvalue weighted by molar-refractivity contribution is 0.0950. The number of hydrogen-bond donors (Lipinski definition) is 2. The molecule has 0 spiro atoms. The minimum absolute atomic E-state index is 0.163. The second kappa shape index (κ2) is 8.30. The molecule has 0 bridgehead atoms. The molecule has 0 saturated heterocycles. The molecule has 2 aromatic carbocycles. The van der Waals surface area contributed by atoms with Crippen molar-refractivity contribution in [1.29, 1.82) is 0 Å². The first-order valence-electron chi connectivity index (χ1n) is 11.1. The van der Waals surface area contributed by atoms with Crippen molar-refractivity contribution in [3.63, 3.8) is 0 Å². The van der Waals surface area contributed by atoms with Gasteiger partial charge in [-0.25, -0.2) is 0 Å². The summed E-state index contributed by atoms with van der Waals surface area (Å²) in [6.07, 6.45) is 1.64. The topological polar surface area (TPSA) is 71.2 Å². The van der Waals surface area contributed by atoms with Gasteiger partial charge in [0, 0.05) is 35.3 Å². The summed E-state index contributed by atoms with van der Waals surface area (Å²) in [5.74, 6) is 0.659. The van der Waals surface area contributed by atoms with Crippen molar-refractivity contribution in [2.24, 2.45) is 0 Å². The van der Waals surface area contributed by atoms with Gasteiger partial charge in [0.2, 0.25) is 0 Å². The molecule has 1 unspecified atom stereocenters. The predicted octanol–water partition coefficient (Wildman–Crippen LogP) is 5.00. The standard InChI is InChI=1S/C27H30N2O3/c1-6-27(5)14-21-12-20(13-22(24(21)32-27)19-9-7-16(2)8-10-19)25(30)28-15-23-17(3)11-18(4)29-26(23)31/h7-13H,6,14-15H2,1-5H3,(H,28,30)(H,29,31). The Bertz CT molecular complexity index is 1240. The van der Waals surface area contributed by atoms with E-state index in [2.05, 4.69) is 55.3 Å². The molecule has 1 aliphatic rings. The van der Waals surface area contributed by atoms with Gasteiger partial charge in [0.25, 0.3) is 11.5 Å². The third-order valence-electron chi connectivity index (χ3n) is 6.37. The number of rotatable bonds is 5. The maximum atomic E-state index is 13.1. The molecular formula is C27H30N2O3. The highest BCUT2D eigenvalue weighted by molar-refractivity contribution is 5.96. The molecule has 0 saturated carbocycles. The normalized spacial score (nSPS) is 17.0. The summed E-state index contributed by atoms with van der Waals surface area (Å²) in [5.41, 5.74) is 6.56. The van der Waals surface area contributed by atoms with E-state index in [1.165, 1.54) is 5.56 Å². The van der Waals surface area contributed by atoms with Gasteiger partial charge in [-0.15, -0.1) is 0 Å². The number of benzene rings is 2. The maximum Gasteiger partial charge on any atom is 0.253 e. The summed E-state index contributed by atoms with van der Waals surface area (Å²) in [6.45, 7) is 10.2. The molecule has 2 N–H and O–H groups in total. The quantitative estimate of drug-likeness (QED) is 0.598. The molecular weight excluding hydrogens is 400 g/mol. The summed E-state index contributed by atoms with van der Waals surface area (Å²) in [5, 5.41) is 2.93. The second-order valence-electron chi connectivity index (χ2n) is 9.09. The Morgan fingerprint density at radius 3 is 2.50 bits per heavy atom. The molecule has 2 heterocycles. The molecule has 0 radical (unpaired) electrons. The lowest BCUT2D eigenvalue weighted by Crippen LogP contribution is -2.28. The largest absolute Gasteiger partial charge is 0.486 e. The Balaban J connectivity index is 1.68. The highest BCUT2D eigenvalue weighted by Crippen LogP contribution is 2.44. The van der Waals surface area contributed by atoms with Gasteiger partial charge in [-0.05, 0) is 69.0 Å². The van der Waals surface area contributed by atoms with Gasteiger partial charge in [0.05, 0.1) is 0 Å². The molecule has 1 amide bonds. The van der Waals surface area contributed by atoms with Crippen LogP contribution in [-0.2, 0) is 13.0 Å². The van der Waals surface area contributed by atoms with Crippen molar-refractivity contribution < 1.29 is 9.53 Å². The Kier molecular flexibility index (Phi) is 5.68. The van der Waals surface area contributed by atoms with Gasteiger partial charge in [-0.3, -0.25) is 9.59 Å². The number of aromatic nitrogens is 1. The van der Waals surface area contributed by atoms with E-state index in [-0.39, 0.29) is 23.6 Å². The first-order chi connectivity index (χ1) is 15.2. The highest BCUT2D eigenvalue weighted by atomic mass is 16.5. The van der Waals surface area contributed by atoms with E-state index in [1.54, 1.807) is 0 Å². The fraction of sp³-hybridized carbons (Fsp3) is 0.333. The molecule has 1 aromatic heterocycles. The predicted molar refractivity (Wildman–Crippen MR) is 127 cm³/mol. The van der Waals surface area contributed by atoms with E-state index >= 15 is 0 Å². The lowest BCUT2D eigenvalue weighted by Gasteiger charge is -2.22. The van der Waals surface area contributed by atoms with E-state index in [0.717, 1.165) is 46.5 Å². The number of fused-ring (bicyclic) bond motifs is 1. The average molecular weight is 431 g/mol. The molecule has 5 nitrogen and oxygen atoms in total. The van der Waals surface area contributed by atoms with E-state index in [1.807, 2.05) is 32.0 Å². The maximum absolute atomic E-state index is 13.1. The van der Waals surface area contributed by atoms with Gasteiger partial charge in [0.15, 0.2) is 0 Å². The van der Waals surface area contributed by atoms with Crippen LogP contribution in [0.5, 0.6) is 5.75 Å². The van der Waals surface area contributed by atoms with Gasteiger partial charge < -0.3 is 15.0 Å². The van der Waals surface area contributed by atoms with Crippen LogP contribution in [0.2, 0.25) is 0 Å². The number of aromatic amines is 1. The first-order valence-corrected chi connectivity index (χ1v) is 11.1. The van der Waals surface area contributed by atoms with Crippen molar-refractivity contribution in [2.75, 3.05) is 0 Å². The fourth-order valence-electron chi connectivity index (χ4n) is 4.27. The monoisotopic (exact) mass is 430 g/mol. The number of ether oxygens (including phenoxy) is 1. The second-order valence-corrected chi connectivity index (χ2v) is 9.09. The molecule has 3 aromatic rings. The van der Waals surface area contributed by atoms with Gasteiger partial charge in [-0.1, -0.05) is 36.8 Å². The van der Waals surface area contributed by atoms with Gasteiger partial charge >= 0.3 is 0 Å². The van der Waals surface area contributed by atoms with E-state index in [9.17, 15) is 9.59 Å². The number of aryl methyl sites for hydroxylation is 3. The Morgan fingerprint density at radius 2 is 1.84 bits per heavy atom. The molecule has 5 heteroatoms. The number of pyridine rings is 1. The zero-order chi connectivity index (χ0) is 23.0. The van der Waals surface area contributed by atoms with Crippen molar-refractivity contribution in [1.82, 2.24) is 10.3 Å². The number of amides is 1. The molecule has 32 heavy (non-hydrogen) atoms. The number of carbonyl (C=O) groups excluding carboxylic acids is 1. The van der Waals surface area contributed by atoms with Crippen LogP contribution < -0.4 is 15.6 Å². The van der Waals surface area contributed by atoms with Crippen molar-refractivity contribution >= 4 is 5.91 Å². The average Bonchev–Trinajstić information content (AvgIpc) is 3.09. The lowest BCUT2D eigenvalue weighted by atomic mass is 9.93. The van der Waals surface area contributed by atoms with Crippen LogP contribution in [0.15, 0.2) is 47.3 Å². The zero-order valence-corrected chi connectivity index (χ0v) is 19.4. The summed E-state index contributed by atoms with van der Waals surface area (Å²) < 4.78 is 6.39. The summed E-state index contributed by atoms with van der Waals surface area (Å²) in [4.78, 5) is 28.2. The first kappa shape index (κ1) is 21.9. The Labute approximate surface area is 188 Å². The third kappa shape index (κ3) is 4.20. The van der Waals surface area contributed by atoms with Crippen LogP contribution >= 0.6 is 0 Å². The van der Waals surface area contributed by atoms with E-state index in [0.29, 0.717) is 11.1 Å². The minimum atomic E-state index is -0.275. The number of H-pyrrole nitrogens is 1. The molecule has 1 atom stereocenters. The van der Waals surface area contributed by atoms with Gasteiger partial charge in [0.1, 0.15) is 11.4 Å². The highest BCUT2D eigenvalue weighted by Gasteiger charge is 2.35. The van der Waals surface area contributed by atoms with Crippen molar-refractivity contribution in [2.45, 2.75) is 59.6 Å². The van der Waals surface area contributed by atoms with Crippen LogP contribution in [0.4, 0.5) is 0 Å². The van der Waals surface area contributed by atoms with E-state index in [4.69, 9.17) is 4.74 Å². The minimum Gasteiger partial charge on any atom is -0.486 e. The summed E-state index contributed by atoms with van der Waals surface area (Å²) in [7, 11) is 0. The number of nitrogens with one attached hydrogen (secondary N) is 2. The van der Waals surface area contributed by atoms with Crippen LogP contribution in [0.3, 0.4) is 0 Å². The van der Waals surface area contributed by atoms with Crippen LogP contribution in [0.1, 0.15) is 58.6 Å². The van der Waals surface area contributed by atoms with Crippen molar-refractivity contribution in [3.05, 3.63) is 86.3 Å². The van der Waals surface area contributed by atoms with E-state index < -0.39 is 0 Å².